The number of nitrogens with zero attached hydrogens (tertiary/aromatic N) is 2. The molecule has 22 heavy (non-hydrogen) atoms. The van der Waals surface area contributed by atoms with Crippen LogP contribution >= 0.6 is 11.8 Å². The van der Waals surface area contributed by atoms with Gasteiger partial charge in [-0.05, 0) is 25.0 Å². The third-order valence-corrected chi connectivity index (χ3v) is 5.33. The number of amides is 2. The molecule has 3 atom stereocenters. The van der Waals surface area contributed by atoms with Crippen molar-refractivity contribution in [1.82, 2.24) is 4.98 Å². The Hall–Kier alpha value is -1.80. The highest BCUT2D eigenvalue weighted by Crippen LogP contribution is 2.37. The highest BCUT2D eigenvalue weighted by atomic mass is 32.2. The van der Waals surface area contributed by atoms with Crippen LogP contribution < -0.4 is 16.0 Å². The van der Waals surface area contributed by atoms with Crippen LogP contribution in [-0.2, 0) is 9.53 Å². The van der Waals surface area contributed by atoms with E-state index < -0.39 is 0 Å². The van der Waals surface area contributed by atoms with Crippen molar-refractivity contribution in [3.8, 4) is 0 Å². The van der Waals surface area contributed by atoms with Crippen molar-refractivity contribution in [1.29, 1.82) is 0 Å². The number of aromatic nitrogens is 1. The molecular weight excluding hydrogens is 304 g/mol. The summed E-state index contributed by atoms with van der Waals surface area (Å²) in [6.45, 7) is 0. The molecule has 1 aromatic heterocycles. The second-order valence-electron chi connectivity index (χ2n) is 5.79. The maximum absolute atomic E-state index is 12.2. The van der Waals surface area contributed by atoms with E-state index in [4.69, 9.17) is 10.5 Å². The molecule has 1 aliphatic carbocycles. The largest absolute Gasteiger partial charge is 0.444 e. The van der Waals surface area contributed by atoms with E-state index in [-0.39, 0.29) is 30.2 Å². The summed E-state index contributed by atoms with van der Waals surface area (Å²) in [6.07, 6.45) is 1.80. The van der Waals surface area contributed by atoms with Gasteiger partial charge in [0.05, 0.1) is 16.7 Å². The lowest BCUT2D eigenvalue weighted by Crippen LogP contribution is -2.44. The van der Waals surface area contributed by atoms with Crippen LogP contribution in [0.15, 0.2) is 17.0 Å². The summed E-state index contributed by atoms with van der Waals surface area (Å²) in [6, 6.07) is 3.75. The highest BCUT2D eigenvalue weighted by Gasteiger charge is 2.46. The van der Waals surface area contributed by atoms with Crippen LogP contribution in [0.3, 0.4) is 0 Å². The first-order chi connectivity index (χ1) is 10.6. The van der Waals surface area contributed by atoms with E-state index in [0.29, 0.717) is 23.8 Å². The third-order valence-electron chi connectivity index (χ3n) is 4.28. The fourth-order valence-corrected chi connectivity index (χ4v) is 4.00. The average molecular weight is 320 g/mol. The topological polar surface area (TPSA) is 97.6 Å². The number of ether oxygens (including phenoxy) is 1. The van der Waals surface area contributed by atoms with E-state index in [1.54, 1.807) is 4.90 Å². The zero-order chi connectivity index (χ0) is 15.3. The van der Waals surface area contributed by atoms with Crippen molar-refractivity contribution >= 4 is 35.4 Å². The summed E-state index contributed by atoms with van der Waals surface area (Å²) >= 11 is 1.45. The Morgan fingerprint density at radius 1 is 1.36 bits per heavy atom. The van der Waals surface area contributed by atoms with E-state index in [9.17, 15) is 9.59 Å². The molecule has 1 saturated heterocycles. The number of anilines is 2. The summed E-state index contributed by atoms with van der Waals surface area (Å²) in [5.41, 5.74) is 5.95. The molecule has 0 bridgehead atoms. The number of thioether (sulfide) groups is 1. The minimum Gasteiger partial charge on any atom is -0.444 e. The number of pyridine rings is 1. The van der Waals surface area contributed by atoms with E-state index in [0.717, 1.165) is 17.7 Å². The van der Waals surface area contributed by atoms with E-state index >= 15 is 0 Å². The molecule has 7 nitrogen and oxygen atoms in total. The number of hydrogen-bond donors (Lipinski definition) is 2. The SMILES string of the molecule is NC1CCC2C(C1)OC(=O)N2c1ccc2c(n1)NC(=O)CS2. The fourth-order valence-electron chi connectivity index (χ4n) is 3.24. The standard InChI is InChI=1S/C14H16N4O3S/c15-7-1-2-8-9(5-7)21-14(20)18(8)11-4-3-10-13(16-11)17-12(19)6-22-10/h3-4,7-9H,1-2,5-6,15H2,(H,16,17,19). The van der Waals surface area contributed by atoms with Gasteiger partial charge in [-0.15, -0.1) is 11.8 Å². The fraction of sp³-hybridized carbons (Fsp3) is 0.500. The quantitative estimate of drug-likeness (QED) is 0.810. The van der Waals surface area contributed by atoms with Gasteiger partial charge in [-0.3, -0.25) is 9.69 Å². The van der Waals surface area contributed by atoms with Gasteiger partial charge in [-0.2, -0.15) is 0 Å². The highest BCUT2D eigenvalue weighted by molar-refractivity contribution is 8.00. The monoisotopic (exact) mass is 320 g/mol. The van der Waals surface area contributed by atoms with Gasteiger partial charge in [0.25, 0.3) is 0 Å². The van der Waals surface area contributed by atoms with Crippen molar-refractivity contribution in [3.05, 3.63) is 12.1 Å². The van der Waals surface area contributed by atoms with Crippen LogP contribution in [0.2, 0.25) is 0 Å². The Morgan fingerprint density at radius 3 is 3.09 bits per heavy atom. The Kier molecular flexibility index (Phi) is 3.23. The second kappa shape index (κ2) is 5.13. The Balaban J connectivity index is 1.65. The lowest BCUT2D eigenvalue weighted by atomic mass is 9.89. The molecular formula is C14H16N4O3S. The maximum Gasteiger partial charge on any atom is 0.416 e. The van der Waals surface area contributed by atoms with Crippen LogP contribution in [0, 0.1) is 0 Å². The molecule has 4 rings (SSSR count). The Morgan fingerprint density at radius 2 is 2.23 bits per heavy atom. The van der Waals surface area contributed by atoms with Crippen LogP contribution in [0.5, 0.6) is 0 Å². The number of fused-ring (bicyclic) bond motifs is 2. The lowest BCUT2D eigenvalue weighted by molar-refractivity contribution is -0.113. The third kappa shape index (κ3) is 2.22. The van der Waals surface area contributed by atoms with Crippen LogP contribution in [0.4, 0.5) is 16.4 Å². The van der Waals surface area contributed by atoms with Gasteiger partial charge in [-0.1, -0.05) is 0 Å². The molecule has 8 heteroatoms. The van der Waals surface area contributed by atoms with E-state index in [2.05, 4.69) is 10.3 Å². The second-order valence-corrected chi connectivity index (χ2v) is 6.80. The molecule has 3 N–H and O–H groups in total. The maximum atomic E-state index is 12.2. The predicted octanol–water partition coefficient (Wildman–Crippen LogP) is 1.33. The number of nitrogens with one attached hydrogen (secondary N) is 1. The number of carbonyl (C=O) groups is 2. The molecule has 0 aromatic carbocycles. The van der Waals surface area contributed by atoms with Crippen LogP contribution in [-0.4, -0.2) is 40.9 Å². The van der Waals surface area contributed by atoms with Crippen molar-refractivity contribution in [3.63, 3.8) is 0 Å². The summed E-state index contributed by atoms with van der Waals surface area (Å²) in [7, 11) is 0. The zero-order valence-electron chi connectivity index (χ0n) is 11.8. The molecule has 2 amide bonds. The first-order valence-electron chi connectivity index (χ1n) is 7.31. The van der Waals surface area contributed by atoms with Gasteiger partial charge in [0.2, 0.25) is 5.91 Å². The molecule has 3 heterocycles. The van der Waals surface area contributed by atoms with Gasteiger partial charge < -0.3 is 15.8 Å². The zero-order valence-corrected chi connectivity index (χ0v) is 12.6. The molecule has 2 aliphatic heterocycles. The molecule has 0 spiro atoms. The van der Waals surface area contributed by atoms with E-state index in [1.807, 2.05) is 12.1 Å². The van der Waals surface area contributed by atoms with Gasteiger partial charge in [0.1, 0.15) is 17.7 Å². The molecule has 2 fully saturated rings. The first-order valence-corrected chi connectivity index (χ1v) is 8.29. The van der Waals surface area contributed by atoms with Crippen molar-refractivity contribution in [2.45, 2.75) is 42.3 Å². The molecule has 0 radical (unpaired) electrons. The van der Waals surface area contributed by atoms with Gasteiger partial charge in [0.15, 0.2) is 0 Å². The van der Waals surface area contributed by atoms with Crippen molar-refractivity contribution < 1.29 is 14.3 Å². The Bertz CT molecular complexity index is 653. The molecule has 3 unspecified atom stereocenters. The minimum absolute atomic E-state index is 0.0233. The smallest absolute Gasteiger partial charge is 0.416 e. The number of rotatable bonds is 1. The lowest BCUT2D eigenvalue weighted by Gasteiger charge is -2.30. The Labute approximate surface area is 131 Å². The summed E-state index contributed by atoms with van der Waals surface area (Å²) in [4.78, 5) is 30.7. The molecule has 116 valence electrons. The van der Waals surface area contributed by atoms with Gasteiger partial charge in [-0.25, -0.2) is 9.78 Å². The molecule has 1 aromatic rings. The number of hydrogen-bond acceptors (Lipinski definition) is 6. The average Bonchev–Trinajstić information content (AvgIpc) is 2.81. The van der Waals surface area contributed by atoms with Crippen molar-refractivity contribution in [2.75, 3.05) is 16.0 Å². The normalized spacial score (nSPS) is 30.4. The minimum atomic E-state index is -0.383. The molecule has 1 saturated carbocycles. The van der Waals surface area contributed by atoms with Crippen LogP contribution in [0.1, 0.15) is 19.3 Å². The molecule has 3 aliphatic rings. The summed E-state index contributed by atoms with van der Waals surface area (Å²) < 4.78 is 5.44. The van der Waals surface area contributed by atoms with Crippen molar-refractivity contribution in [2.24, 2.45) is 5.73 Å². The first kappa shape index (κ1) is 13.8. The summed E-state index contributed by atoms with van der Waals surface area (Å²) in [5.74, 6) is 1.35. The summed E-state index contributed by atoms with van der Waals surface area (Å²) in [5, 5.41) is 2.75. The van der Waals surface area contributed by atoms with Crippen LogP contribution in [0.25, 0.3) is 0 Å². The predicted molar refractivity (Wildman–Crippen MR) is 82.0 cm³/mol. The number of nitrogens with two attached hydrogens (primary N) is 1. The van der Waals surface area contributed by atoms with Gasteiger partial charge >= 0.3 is 6.09 Å². The number of carbonyl (C=O) groups excluding carboxylic acids is 2. The van der Waals surface area contributed by atoms with E-state index in [1.165, 1.54) is 11.8 Å². The van der Waals surface area contributed by atoms with Gasteiger partial charge in [0, 0.05) is 12.5 Å².